The number of carboxylic acid groups (broad SMARTS) is 1. The van der Waals surface area contributed by atoms with Crippen LogP contribution in [0.2, 0.25) is 0 Å². The molecule has 3 nitrogen and oxygen atoms in total. The molecular weight excluding hydrogens is 168 g/mol. The van der Waals surface area contributed by atoms with Crippen molar-refractivity contribution < 1.29 is 15.0 Å². The van der Waals surface area contributed by atoms with Crippen LogP contribution >= 0.6 is 0 Å². The minimum absolute atomic E-state index is 0.167. The van der Waals surface area contributed by atoms with E-state index in [1.54, 1.807) is 0 Å². The minimum Gasteiger partial charge on any atom is -0.481 e. The predicted molar refractivity (Wildman–Crippen MR) is 51.6 cm³/mol. The molecule has 0 aliphatic rings. The molecule has 0 bridgehead atoms. The molecular formula is C10H20O3. The van der Waals surface area contributed by atoms with Crippen LogP contribution < -0.4 is 0 Å². The van der Waals surface area contributed by atoms with Crippen molar-refractivity contribution in [1.29, 1.82) is 0 Å². The fourth-order valence-corrected chi connectivity index (χ4v) is 1.21. The van der Waals surface area contributed by atoms with Gasteiger partial charge in [-0.05, 0) is 19.3 Å². The molecule has 0 saturated heterocycles. The molecule has 13 heavy (non-hydrogen) atoms. The first kappa shape index (κ1) is 12.4. The number of carboxylic acids is 1. The lowest BCUT2D eigenvalue weighted by molar-refractivity contribution is -0.137. The van der Waals surface area contributed by atoms with E-state index in [2.05, 4.69) is 0 Å². The average Bonchev–Trinajstić information content (AvgIpc) is 2.10. The van der Waals surface area contributed by atoms with Crippen molar-refractivity contribution in [2.75, 3.05) is 0 Å². The van der Waals surface area contributed by atoms with Gasteiger partial charge in [0.1, 0.15) is 0 Å². The first-order valence-electron chi connectivity index (χ1n) is 5.06. The Bertz CT molecular complexity index is 134. The van der Waals surface area contributed by atoms with Gasteiger partial charge in [0, 0.05) is 6.42 Å². The summed E-state index contributed by atoms with van der Waals surface area (Å²) in [4.78, 5) is 10.1. The zero-order chi connectivity index (χ0) is 10.1. The molecule has 0 saturated carbocycles. The molecule has 0 rings (SSSR count). The summed E-state index contributed by atoms with van der Waals surface area (Å²) in [7, 11) is 0. The molecule has 0 aromatic rings. The normalized spacial score (nSPS) is 12.8. The van der Waals surface area contributed by atoms with Crippen LogP contribution in [0.15, 0.2) is 0 Å². The van der Waals surface area contributed by atoms with E-state index < -0.39 is 5.97 Å². The monoisotopic (exact) mass is 188 g/mol. The lowest BCUT2D eigenvalue weighted by Gasteiger charge is -2.06. The highest BCUT2D eigenvalue weighted by Gasteiger charge is 2.00. The van der Waals surface area contributed by atoms with Gasteiger partial charge < -0.3 is 10.2 Å². The summed E-state index contributed by atoms with van der Waals surface area (Å²) in [5, 5.41) is 17.6. The fourth-order valence-electron chi connectivity index (χ4n) is 1.21. The standard InChI is InChI=1S/C10H20O3/c1-2-9(11)7-5-3-4-6-8-10(12)13/h9,11H,2-8H2,1H3,(H,12,13)/t9-/m0/s1. The molecule has 1 atom stereocenters. The largest absolute Gasteiger partial charge is 0.481 e. The summed E-state index contributed by atoms with van der Waals surface area (Å²) in [6, 6.07) is 0. The van der Waals surface area contributed by atoms with Crippen molar-refractivity contribution in [1.82, 2.24) is 0 Å². The van der Waals surface area contributed by atoms with E-state index in [1.807, 2.05) is 6.92 Å². The zero-order valence-corrected chi connectivity index (χ0v) is 8.33. The maximum absolute atomic E-state index is 10.1. The molecule has 0 aliphatic carbocycles. The van der Waals surface area contributed by atoms with Crippen LogP contribution in [0.4, 0.5) is 0 Å². The predicted octanol–water partition coefficient (Wildman–Crippen LogP) is 2.18. The van der Waals surface area contributed by atoms with Gasteiger partial charge >= 0.3 is 5.97 Å². The van der Waals surface area contributed by atoms with Gasteiger partial charge in [0.2, 0.25) is 0 Å². The van der Waals surface area contributed by atoms with Crippen molar-refractivity contribution >= 4 is 5.97 Å². The second kappa shape index (κ2) is 8.05. The van der Waals surface area contributed by atoms with Crippen LogP contribution in [0, 0.1) is 0 Å². The third-order valence-corrected chi connectivity index (χ3v) is 2.15. The van der Waals surface area contributed by atoms with E-state index in [9.17, 15) is 9.90 Å². The van der Waals surface area contributed by atoms with Crippen LogP contribution in [0.3, 0.4) is 0 Å². The molecule has 0 spiro atoms. The molecule has 0 aromatic carbocycles. The number of aliphatic hydroxyl groups is 1. The summed E-state index contributed by atoms with van der Waals surface area (Å²) in [5.74, 6) is -0.714. The van der Waals surface area contributed by atoms with Gasteiger partial charge in [-0.3, -0.25) is 4.79 Å². The molecule has 0 unspecified atom stereocenters. The van der Waals surface area contributed by atoms with Gasteiger partial charge in [0.15, 0.2) is 0 Å². The average molecular weight is 188 g/mol. The van der Waals surface area contributed by atoms with Crippen LogP contribution in [0.25, 0.3) is 0 Å². The highest BCUT2D eigenvalue weighted by atomic mass is 16.4. The summed E-state index contributed by atoms with van der Waals surface area (Å²) < 4.78 is 0. The third kappa shape index (κ3) is 9.34. The van der Waals surface area contributed by atoms with Crippen molar-refractivity contribution in [2.45, 2.75) is 58.0 Å². The summed E-state index contributed by atoms with van der Waals surface area (Å²) >= 11 is 0. The summed E-state index contributed by atoms with van der Waals surface area (Å²) in [6.45, 7) is 1.97. The molecule has 0 fully saturated rings. The summed E-state index contributed by atoms with van der Waals surface area (Å²) in [5.41, 5.74) is 0. The Hall–Kier alpha value is -0.570. The van der Waals surface area contributed by atoms with E-state index in [4.69, 9.17) is 5.11 Å². The van der Waals surface area contributed by atoms with Gasteiger partial charge in [0.25, 0.3) is 0 Å². The Morgan fingerprint density at radius 3 is 2.38 bits per heavy atom. The SMILES string of the molecule is CC[C@H](O)CCCCCCC(=O)O. The number of rotatable bonds is 8. The van der Waals surface area contributed by atoms with E-state index >= 15 is 0 Å². The van der Waals surface area contributed by atoms with Crippen LogP contribution in [-0.4, -0.2) is 22.3 Å². The molecule has 78 valence electrons. The Balaban J connectivity index is 3.04. The van der Waals surface area contributed by atoms with E-state index in [0.717, 1.165) is 38.5 Å². The first-order valence-corrected chi connectivity index (χ1v) is 5.06. The molecule has 0 heterocycles. The van der Waals surface area contributed by atoms with Crippen LogP contribution in [0.1, 0.15) is 51.9 Å². The quantitative estimate of drug-likeness (QED) is 0.574. The second-order valence-corrected chi connectivity index (χ2v) is 3.41. The van der Waals surface area contributed by atoms with Crippen LogP contribution in [-0.2, 0) is 4.79 Å². The van der Waals surface area contributed by atoms with Crippen LogP contribution in [0.5, 0.6) is 0 Å². The topological polar surface area (TPSA) is 57.5 Å². The third-order valence-electron chi connectivity index (χ3n) is 2.15. The Morgan fingerprint density at radius 2 is 1.85 bits per heavy atom. The minimum atomic E-state index is -0.714. The number of aliphatic carboxylic acids is 1. The van der Waals surface area contributed by atoms with Crippen molar-refractivity contribution in [3.63, 3.8) is 0 Å². The number of carbonyl (C=O) groups is 1. The molecule has 0 radical (unpaired) electrons. The van der Waals surface area contributed by atoms with E-state index in [-0.39, 0.29) is 12.5 Å². The van der Waals surface area contributed by atoms with Gasteiger partial charge in [-0.2, -0.15) is 0 Å². The number of unbranched alkanes of at least 4 members (excludes halogenated alkanes) is 3. The Kier molecular flexibility index (Phi) is 7.69. The van der Waals surface area contributed by atoms with Gasteiger partial charge in [0.05, 0.1) is 6.10 Å². The smallest absolute Gasteiger partial charge is 0.303 e. The lowest BCUT2D eigenvalue weighted by atomic mass is 10.1. The second-order valence-electron chi connectivity index (χ2n) is 3.41. The van der Waals surface area contributed by atoms with E-state index in [1.165, 1.54) is 0 Å². The number of hydrogen-bond acceptors (Lipinski definition) is 2. The maximum Gasteiger partial charge on any atom is 0.303 e. The van der Waals surface area contributed by atoms with Crippen molar-refractivity contribution in [2.24, 2.45) is 0 Å². The zero-order valence-electron chi connectivity index (χ0n) is 8.33. The molecule has 3 heteroatoms. The Morgan fingerprint density at radius 1 is 1.23 bits per heavy atom. The van der Waals surface area contributed by atoms with Gasteiger partial charge in [-0.25, -0.2) is 0 Å². The van der Waals surface area contributed by atoms with E-state index in [0.29, 0.717) is 0 Å². The molecule has 0 aliphatic heterocycles. The first-order chi connectivity index (χ1) is 6.16. The fraction of sp³-hybridized carbons (Fsp3) is 0.900. The number of hydrogen-bond donors (Lipinski definition) is 2. The van der Waals surface area contributed by atoms with Gasteiger partial charge in [-0.15, -0.1) is 0 Å². The maximum atomic E-state index is 10.1. The molecule has 2 N–H and O–H groups in total. The number of aliphatic hydroxyl groups excluding tert-OH is 1. The lowest BCUT2D eigenvalue weighted by Crippen LogP contribution is -2.03. The molecule has 0 aromatic heterocycles. The summed E-state index contributed by atoms with van der Waals surface area (Å²) in [6.07, 6.45) is 5.54. The highest BCUT2D eigenvalue weighted by molar-refractivity contribution is 5.66. The molecule has 0 amide bonds. The Labute approximate surface area is 79.8 Å². The van der Waals surface area contributed by atoms with Crippen molar-refractivity contribution in [3.8, 4) is 0 Å². The van der Waals surface area contributed by atoms with Crippen molar-refractivity contribution in [3.05, 3.63) is 0 Å². The van der Waals surface area contributed by atoms with Gasteiger partial charge in [-0.1, -0.05) is 26.2 Å². The highest BCUT2D eigenvalue weighted by Crippen LogP contribution is 2.08.